The molecule has 2 aromatic heterocycles. The zero-order valence-corrected chi connectivity index (χ0v) is 23.6. The molecular weight excluding hydrogens is 542 g/mol. The number of rotatable bonds is 5. The molecule has 1 N–H and O–H groups in total. The number of benzene rings is 6. The maximum Gasteiger partial charge on any atom is 0.164 e. The summed E-state index contributed by atoms with van der Waals surface area (Å²) in [4.78, 5) is 14.8. The average molecular weight is 568 g/mol. The number of para-hydroxylation sites is 1. The van der Waals surface area contributed by atoms with E-state index in [1.54, 1.807) is 0 Å². The van der Waals surface area contributed by atoms with Crippen LogP contribution in [0.3, 0.4) is 0 Å². The van der Waals surface area contributed by atoms with E-state index in [0.717, 1.165) is 44.2 Å². The van der Waals surface area contributed by atoms with Gasteiger partial charge in [-0.3, -0.25) is 0 Å². The lowest BCUT2D eigenvalue weighted by Crippen LogP contribution is -2.01. The van der Waals surface area contributed by atoms with Crippen LogP contribution in [0.2, 0.25) is 0 Å². The van der Waals surface area contributed by atoms with Crippen LogP contribution in [0.4, 0.5) is 0 Å². The highest BCUT2D eigenvalue weighted by Gasteiger charge is 2.22. The molecule has 0 saturated carbocycles. The summed E-state index contributed by atoms with van der Waals surface area (Å²) in [7, 11) is 0. The molecule has 0 aliphatic rings. The molecule has 8 aromatic rings. The standard InChI is InChI=1S/C39H25N3O2/c43-36-29(28-20-12-22-33-35(28)30-19-10-11-21-32(30)44-33)23-24-31(34(36)25-13-4-1-5-14-25)39-41-37(26-15-6-2-7-16-26)40-38(42-39)27-17-8-3-9-18-27/h1-24,43H. The first-order valence-electron chi connectivity index (χ1n) is 14.4. The predicted molar refractivity (Wildman–Crippen MR) is 176 cm³/mol. The highest BCUT2D eigenvalue weighted by Crippen LogP contribution is 2.47. The maximum atomic E-state index is 12.2. The van der Waals surface area contributed by atoms with Gasteiger partial charge in [0.2, 0.25) is 0 Å². The molecule has 0 aliphatic heterocycles. The predicted octanol–water partition coefficient (Wildman–Crippen LogP) is 9.81. The lowest BCUT2D eigenvalue weighted by atomic mass is 9.91. The summed E-state index contributed by atoms with van der Waals surface area (Å²) < 4.78 is 6.16. The van der Waals surface area contributed by atoms with Crippen LogP contribution in [0, 0.1) is 0 Å². The first-order chi connectivity index (χ1) is 21.7. The van der Waals surface area contributed by atoms with Crippen molar-refractivity contribution in [2.75, 3.05) is 0 Å². The molecule has 0 radical (unpaired) electrons. The Morgan fingerprint density at radius 2 is 0.932 bits per heavy atom. The number of hydrogen-bond acceptors (Lipinski definition) is 5. The van der Waals surface area contributed by atoms with Crippen molar-refractivity contribution in [2.45, 2.75) is 0 Å². The minimum atomic E-state index is 0.148. The van der Waals surface area contributed by atoms with E-state index in [-0.39, 0.29) is 5.75 Å². The van der Waals surface area contributed by atoms with Crippen molar-refractivity contribution in [1.29, 1.82) is 0 Å². The Hall–Kier alpha value is -6.07. The van der Waals surface area contributed by atoms with Crippen LogP contribution in [0.15, 0.2) is 150 Å². The Morgan fingerprint density at radius 1 is 0.409 bits per heavy atom. The van der Waals surface area contributed by atoms with E-state index in [1.165, 1.54) is 0 Å². The zero-order valence-electron chi connectivity index (χ0n) is 23.6. The number of hydrogen-bond donors (Lipinski definition) is 1. The Bertz CT molecular complexity index is 2220. The molecule has 0 aliphatic carbocycles. The summed E-state index contributed by atoms with van der Waals surface area (Å²) in [6, 6.07) is 47.5. The van der Waals surface area contributed by atoms with Crippen LogP contribution < -0.4 is 0 Å². The second-order valence-electron chi connectivity index (χ2n) is 10.6. The van der Waals surface area contributed by atoms with Crippen molar-refractivity contribution in [1.82, 2.24) is 15.0 Å². The minimum absolute atomic E-state index is 0.148. The zero-order chi connectivity index (χ0) is 29.5. The highest BCUT2D eigenvalue weighted by molar-refractivity contribution is 6.13. The Kier molecular flexibility index (Phi) is 6.20. The van der Waals surface area contributed by atoms with Crippen molar-refractivity contribution >= 4 is 21.9 Å². The van der Waals surface area contributed by atoms with Gasteiger partial charge in [0.25, 0.3) is 0 Å². The van der Waals surface area contributed by atoms with Gasteiger partial charge in [-0.25, -0.2) is 15.0 Å². The van der Waals surface area contributed by atoms with E-state index in [4.69, 9.17) is 19.4 Å². The third kappa shape index (κ3) is 4.39. The molecule has 0 spiro atoms. The molecule has 0 unspecified atom stereocenters. The number of furan rings is 1. The van der Waals surface area contributed by atoms with E-state index >= 15 is 0 Å². The summed E-state index contributed by atoms with van der Waals surface area (Å²) in [5.74, 6) is 1.75. The largest absolute Gasteiger partial charge is 0.507 e. The number of nitrogens with zero attached hydrogens (tertiary/aromatic N) is 3. The first kappa shape index (κ1) is 25.6. The van der Waals surface area contributed by atoms with Crippen LogP contribution in [0.25, 0.3) is 78.4 Å². The van der Waals surface area contributed by atoms with Crippen LogP contribution in [-0.2, 0) is 0 Å². The molecule has 0 bridgehead atoms. The third-order valence-corrected chi connectivity index (χ3v) is 7.87. The van der Waals surface area contributed by atoms with Crippen molar-refractivity contribution < 1.29 is 9.52 Å². The lowest BCUT2D eigenvalue weighted by Gasteiger charge is -2.17. The van der Waals surface area contributed by atoms with Crippen molar-refractivity contribution in [3.8, 4) is 62.2 Å². The molecular formula is C39H25N3O2. The van der Waals surface area contributed by atoms with Crippen LogP contribution in [0.1, 0.15) is 0 Å². The molecule has 44 heavy (non-hydrogen) atoms. The molecule has 0 saturated heterocycles. The van der Waals surface area contributed by atoms with Gasteiger partial charge in [-0.15, -0.1) is 0 Å². The Morgan fingerprint density at radius 3 is 1.59 bits per heavy atom. The minimum Gasteiger partial charge on any atom is -0.507 e. The number of phenols is 1. The van der Waals surface area contributed by atoms with Crippen LogP contribution in [-0.4, -0.2) is 20.1 Å². The van der Waals surface area contributed by atoms with E-state index in [9.17, 15) is 5.11 Å². The summed E-state index contributed by atoms with van der Waals surface area (Å²) in [6.07, 6.45) is 0. The van der Waals surface area contributed by atoms with E-state index in [0.29, 0.717) is 34.2 Å². The van der Waals surface area contributed by atoms with Crippen molar-refractivity contribution in [3.05, 3.63) is 146 Å². The van der Waals surface area contributed by atoms with Crippen molar-refractivity contribution in [2.24, 2.45) is 0 Å². The van der Waals surface area contributed by atoms with Gasteiger partial charge < -0.3 is 9.52 Å². The van der Waals surface area contributed by atoms with E-state index in [2.05, 4.69) is 6.07 Å². The topological polar surface area (TPSA) is 72.0 Å². The van der Waals surface area contributed by atoms with Gasteiger partial charge in [-0.05, 0) is 35.4 Å². The molecule has 8 rings (SSSR count). The monoisotopic (exact) mass is 567 g/mol. The molecule has 0 amide bonds. The number of aromatic nitrogens is 3. The maximum absolute atomic E-state index is 12.2. The third-order valence-electron chi connectivity index (χ3n) is 7.87. The van der Waals surface area contributed by atoms with Crippen LogP contribution >= 0.6 is 0 Å². The first-order valence-corrected chi connectivity index (χ1v) is 14.4. The highest BCUT2D eigenvalue weighted by atomic mass is 16.3. The van der Waals surface area contributed by atoms with Gasteiger partial charge in [-0.2, -0.15) is 0 Å². The fourth-order valence-corrected chi connectivity index (χ4v) is 5.82. The number of fused-ring (bicyclic) bond motifs is 3. The average Bonchev–Trinajstić information content (AvgIpc) is 3.48. The summed E-state index contributed by atoms with van der Waals surface area (Å²) in [5, 5.41) is 14.1. The quantitative estimate of drug-likeness (QED) is 0.224. The van der Waals surface area contributed by atoms with Gasteiger partial charge >= 0.3 is 0 Å². The summed E-state index contributed by atoms with van der Waals surface area (Å²) in [5.41, 5.74) is 7.14. The fourth-order valence-electron chi connectivity index (χ4n) is 5.82. The van der Waals surface area contributed by atoms with Gasteiger partial charge in [0.05, 0.1) is 0 Å². The van der Waals surface area contributed by atoms with Gasteiger partial charge in [-0.1, -0.05) is 121 Å². The molecule has 6 aromatic carbocycles. The summed E-state index contributed by atoms with van der Waals surface area (Å²) >= 11 is 0. The fraction of sp³-hybridized carbons (Fsp3) is 0. The smallest absolute Gasteiger partial charge is 0.164 e. The Balaban J connectivity index is 1.40. The van der Waals surface area contributed by atoms with Gasteiger partial charge in [0, 0.05) is 38.6 Å². The van der Waals surface area contributed by atoms with Crippen molar-refractivity contribution in [3.63, 3.8) is 0 Å². The molecule has 208 valence electrons. The summed E-state index contributed by atoms with van der Waals surface area (Å²) in [6.45, 7) is 0. The van der Waals surface area contributed by atoms with Gasteiger partial charge in [0.15, 0.2) is 17.5 Å². The van der Waals surface area contributed by atoms with E-state index in [1.807, 2.05) is 140 Å². The normalized spacial score (nSPS) is 11.3. The van der Waals surface area contributed by atoms with E-state index < -0.39 is 0 Å². The molecule has 2 heterocycles. The molecule has 0 atom stereocenters. The molecule has 5 heteroatoms. The number of phenolic OH excluding ortho intramolecular Hbond substituents is 1. The molecule has 0 fully saturated rings. The van der Waals surface area contributed by atoms with Crippen LogP contribution in [0.5, 0.6) is 5.75 Å². The Labute approximate surface area is 253 Å². The van der Waals surface area contributed by atoms with Gasteiger partial charge in [0.1, 0.15) is 16.9 Å². The second-order valence-corrected chi connectivity index (χ2v) is 10.6. The SMILES string of the molecule is Oc1c(-c2cccc3oc4ccccc4c23)ccc(-c2nc(-c3ccccc3)nc(-c3ccccc3)n2)c1-c1ccccc1. The lowest BCUT2D eigenvalue weighted by molar-refractivity contribution is 0.479. The second kappa shape index (κ2) is 10.6. The molecule has 5 nitrogen and oxygen atoms in total. The number of aromatic hydroxyl groups is 1.